The summed E-state index contributed by atoms with van der Waals surface area (Å²) in [6.07, 6.45) is 0. The van der Waals surface area contributed by atoms with Gasteiger partial charge in [0.15, 0.2) is 17.3 Å². The Balaban J connectivity index is 2.04. The van der Waals surface area contributed by atoms with Crippen LogP contribution >= 0.6 is 0 Å². The molecule has 1 aromatic carbocycles. The largest absolute Gasteiger partial charge is 0.454 e. The average molecular weight is 223 g/mol. The molecule has 4 heteroatoms. The Bertz CT molecular complexity index is 451. The molecule has 0 aromatic heterocycles. The van der Waals surface area contributed by atoms with Crippen molar-refractivity contribution < 1.29 is 17.0 Å². The summed E-state index contributed by atoms with van der Waals surface area (Å²) in [5, 5.41) is 2.85. The fourth-order valence-corrected chi connectivity index (χ4v) is 1.57. The molecule has 0 saturated heterocycles. The molecule has 2 rings (SSSR count). The van der Waals surface area contributed by atoms with E-state index in [1.54, 1.807) is 25.1 Å². The maximum absolute atomic E-state index is 12.1. The standard InChI is InChI=1S/C12H15NO3/c1-3-13-8(2)12(14)9-4-5-10-11(6-9)16-7-15-10/h4-6,8,13H,3,7H2,1-2H3/i1D2. The molecule has 16 heavy (non-hydrogen) atoms. The van der Waals surface area contributed by atoms with Gasteiger partial charge in [0, 0.05) is 8.30 Å². The van der Waals surface area contributed by atoms with Gasteiger partial charge in [-0.1, -0.05) is 6.88 Å². The number of Topliss-reactive ketones (excluding diaryl/α,β-unsaturated/α-hetero) is 1. The number of likely N-dealkylation sites (N-methyl/N-ethyl adjacent to an activating group) is 1. The first-order valence-corrected chi connectivity index (χ1v) is 5.09. The molecule has 0 aliphatic carbocycles. The van der Waals surface area contributed by atoms with Crippen molar-refractivity contribution in [3.8, 4) is 11.5 Å². The van der Waals surface area contributed by atoms with Crippen LogP contribution in [0.1, 0.15) is 26.9 Å². The van der Waals surface area contributed by atoms with Gasteiger partial charge < -0.3 is 14.8 Å². The second-order valence-electron chi connectivity index (χ2n) is 3.56. The van der Waals surface area contributed by atoms with E-state index < -0.39 is 12.9 Å². The summed E-state index contributed by atoms with van der Waals surface area (Å²) in [5.41, 5.74) is 0.533. The fourth-order valence-electron chi connectivity index (χ4n) is 1.57. The predicted molar refractivity (Wildman–Crippen MR) is 60.0 cm³/mol. The molecule has 0 radical (unpaired) electrons. The quantitative estimate of drug-likeness (QED) is 0.787. The number of carbonyl (C=O) groups is 1. The van der Waals surface area contributed by atoms with Crippen molar-refractivity contribution in [1.82, 2.24) is 5.32 Å². The molecule has 0 saturated carbocycles. The molecule has 1 heterocycles. The molecule has 0 amide bonds. The van der Waals surface area contributed by atoms with Crippen LogP contribution in [0.15, 0.2) is 18.2 Å². The van der Waals surface area contributed by atoms with Crippen LogP contribution in [-0.4, -0.2) is 25.2 Å². The Labute approximate surface area is 97.4 Å². The van der Waals surface area contributed by atoms with E-state index in [0.717, 1.165) is 0 Å². The zero-order valence-electron chi connectivity index (χ0n) is 11.0. The highest BCUT2D eigenvalue weighted by Crippen LogP contribution is 2.32. The number of rotatable bonds is 4. The molecule has 0 bridgehead atoms. The van der Waals surface area contributed by atoms with E-state index in [-0.39, 0.29) is 19.1 Å². The van der Waals surface area contributed by atoms with Crippen LogP contribution in [0, 0.1) is 0 Å². The summed E-state index contributed by atoms with van der Waals surface area (Å²) < 4.78 is 24.5. The first-order chi connectivity index (χ1) is 8.58. The molecule has 1 atom stereocenters. The number of ether oxygens (including phenoxy) is 2. The van der Waals surface area contributed by atoms with Gasteiger partial charge in [0.1, 0.15) is 0 Å². The summed E-state index contributed by atoms with van der Waals surface area (Å²) in [7, 11) is 0. The van der Waals surface area contributed by atoms with Crippen molar-refractivity contribution in [3.05, 3.63) is 23.8 Å². The monoisotopic (exact) mass is 223 g/mol. The minimum Gasteiger partial charge on any atom is -0.454 e. The van der Waals surface area contributed by atoms with Gasteiger partial charge in [-0.15, -0.1) is 0 Å². The van der Waals surface area contributed by atoms with E-state index in [1.165, 1.54) is 0 Å². The summed E-state index contributed by atoms with van der Waals surface area (Å²) in [5.74, 6) is 1.13. The Hall–Kier alpha value is -1.55. The SMILES string of the molecule is [2H]C([2H])CNC(C)C(=O)c1ccc2c(c1)OCO2. The van der Waals surface area contributed by atoms with Gasteiger partial charge >= 0.3 is 0 Å². The molecule has 1 N–H and O–H groups in total. The zero-order valence-corrected chi connectivity index (χ0v) is 9.03. The minimum absolute atomic E-state index is 0.0889. The summed E-state index contributed by atoms with van der Waals surface area (Å²) in [4.78, 5) is 12.1. The number of fused-ring (bicyclic) bond motifs is 1. The van der Waals surface area contributed by atoms with Crippen molar-refractivity contribution in [2.24, 2.45) is 0 Å². The van der Waals surface area contributed by atoms with Crippen LogP contribution in [0.2, 0.25) is 0 Å². The lowest BCUT2D eigenvalue weighted by atomic mass is 10.0. The zero-order chi connectivity index (χ0) is 13.1. The molecule has 4 nitrogen and oxygen atoms in total. The van der Waals surface area contributed by atoms with Gasteiger partial charge in [-0.2, -0.15) is 0 Å². The van der Waals surface area contributed by atoms with Crippen molar-refractivity contribution >= 4 is 5.78 Å². The highest BCUT2D eigenvalue weighted by molar-refractivity contribution is 6.00. The number of benzene rings is 1. The van der Waals surface area contributed by atoms with Gasteiger partial charge in [0.05, 0.1) is 6.04 Å². The predicted octanol–water partition coefficient (Wildman–Crippen LogP) is 1.60. The van der Waals surface area contributed by atoms with Gasteiger partial charge in [0.2, 0.25) is 6.79 Å². The van der Waals surface area contributed by atoms with Crippen molar-refractivity contribution in [2.75, 3.05) is 13.3 Å². The number of hydrogen-bond acceptors (Lipinski definition) is 4. The van der Waals surface area contributed by atoms with E-state index in [4.69, 9.17) is 12.2 Å². The van der Waals surface area contributed by atoms with Crippen LogP contribution < -0.4 is 14.8 Å². The summed E-state index contributed by atoms with van der Waals surface area (Å²) >= 11 is 0. The Morgan fingerprint density at radius 1 is 1.56 bits per heavy atom. The molecule has 1 unspecified atom stereocenters. The van der Waals surface area contributed by atoms with Gasteiger partial charge in [-0.3, -0.25) is 4.79 Å². The average Bonchev–Trinajstić information content (AvgIpc) is 2.81. The van der Waals surface area contributed by atoms with Crippen LogP contribution in [0.3, 0.4) is 0 Å². The Kier molecular flexibility index (Phi) is 2.43. The van der Waals surface area contributed by atoms with Gasteiger partial charge in [0.25, 0.3) is 0 Å². The molecule has 0 fully saturated rings. The summed E-state index contributed by atoms with van der Waals surface area (Å²) in [6.45, 7) is 1.09. The second-order valence-corrected chi connectivity index (χ2v) is 3.56. The van der Waals surface area contributed by atoms with E-state index in [2.05, 4.69) is 5.32 Å². The topological polar surface area (TPSA) is 47.6 Å². The van der Waals surface area contributed by atoms with Gasteiger partial charge in [-0.25, -0.2) is 0 Å². The molecule has 1 aliphatic heterocycles. The van der Waals surface area contributed by atoms with E-state index >= 15 is 0 Å². The minimum atomic E-state index is -0.975. The molecule has 1 aliphatic rings. The highest BCUT2D eigenvalue weighted by atomic mass is 16.7. The van der Waals surface area contributed by atoms with Crippen LogP contribution in [-0.2, 0) is 0 Å². The first kappa shape index (κ1) is 8.58. The fraction of sp³-hybridized carbons (Fsp3) is 0.417. The first-order valence-electron chi connectivity index (χ1n) is 6.25. The third kappa shape index (κ3) is 2.02. The second kappa shape index (κ2) is 4.53. The molecule has 1 aromatic rings. The number of carbonyl (C=O) groups excluding carboxylic acids is 1. The van der Waals surface area contributed by atoms with Crippen LogP contribution in [0.4, 0.5) is 0 Å². The maximum atomic E-state index is 12.1. The van der Waals surface area contributed by atoms with Crippen molar-refractivity contribution in [2.45, 2.75) is 19.8 Å². The number of hydrogen-bond donors (Lipinski definition) is 1. The summed E-state index contributed by atoms with van der Waals surface area (Å²) in [6, 6.07) is 4.62. The highest BCUT2D eigenvalue weighted by Gasteiger charge is 2.19. The third-order valence-electron chi connectivity index (χ3n) is 2.47. The number of ketones is 1. The Morgan fingerprint density at radius 3 is 3.19 bits per heavy atom. The molecule has 86 valence electrons. The number of nitrogens with one attached hydrogen (secondary N) is 1. The van der Waals surface area contributed by atoms with E-state index in [9.17, 15) is 4.79 Å². The smallest absolute Gasteiger partial charge is 0.231 e. The maximum Gasteiger partial charge on any atom is 0.231 e. The van der Waals surface area contributed by atoms with Crippen molar-refractivity contribution in [1.29, 1.82) is 0 Å². The van der Waals surface area contributed by atoms with E-state index in [0.29, 0.717) is 17.1 Å². The van der Waals surface area contributed by atoms with Gasteiger partial charge in [-0.05, 0) is 31.7 Å². The van der Waals surface area contributed by atoms with Crippen LogP contribution in [0.5, 0.6) is 11.5 Å². The van der Waals surface area contributed by atoms with Crippen molar-refractivity contribution in [3.63, 3.8) is 0 Å². The third-order valence-corrected chi connectivity index (χ3v) is 2.47. The molecule has 0 spiro atoms. The van der Waals surface area contributed by atoms with E-state index in [1.807, 2.05) is 0 Å². The molecular weight excluding hydrogens is 206 g/mol. The Morgan fingerprint density at radius 2 is 2.38 bits per heavy atom. The van der Waals surface area contributed by atoms with Crippen LogP contribution in [0.25, 0.3) is 0 Å². The lowest BCUT2D eigenvalue weighted by Gasteiger charge is -2.11. The lowest BCUT2D eigenvalue weighted by molar-refractivity contribution is 0.0951. The lowest BCUT2D eigenvalue weighted by Crippen LogP contribution is -2.33. The molecular formula is C12H15NO3. The normalized spacial score (nSPS) is 16.9.